The topological polar surface area (TPSA) is 65.3 Å². The van der Waals surface area contributed by atoms with Crippen molar-refractivity contribution in [2.45, 2.75) is 24.9 Å². The Morgan fingerprint density at radius 1 is 1.43 bits per heavy atom. The average molecular weight is 196 g/mol. The number of ether oxygens (including phenoxy) is 1. The van der Waals surface area contributed by atoms with Crippen LogP contribution in [-0.2, 0) is 4.74 Å². The highest BCUT2D eigenvalue weighted by molar-refractivity contribution is 5.15. The maximum Gasteiger partial charge on any atom is 0.111 e. The van der Waals surface area contributed by atoms with Gasteiger partial charge in [0.1, 0.15) is 5.41 Å². The first-order valence-corrected chi connectivity index (χ1v) is 5.15. The van der Waals surface area contributed by atoms with Gasteiger partial charge in [0.05, 0.1) is 18.3 Å². The van der Waals surface area contributed by atoms with Crippen molar-refractivity contribution >= 4 is 0 Å². The quantitative estimate of drug-likeness (QED) is 0.621. The Morgan fingerprint density at radius 2 is 2.29 bits per heavy atom. The summed E-state index contributed by atoms with van der Waals surface area (Å²) in [5.74, 6) is 0. The number of hydrogen-bond acceptors (Lipinski definition) is 4. The second kappa shape index (κ2) is 3.50. The van der Waals surface area contributed by atoms with E-state index in [0.717, 1.165) is 19.4 Å². The maximum atomic E-state index is 10.4. The van der Waals surface area contributed by atoms with Crippen LogP contribution in [0.4, 0.5) is 0 Å². The second-order valence-electron chi connectivity index (χ2n) is 4.31. The molecule has 2 heterocycles. The lowest BCUT2D eigenvalue weighted by molar-refractivity contribution is -0.106. The van der Waals surface area contributed by atoms with Crippen molar-refractivity contribution in [1.82, 2.24) is 5.32 Å². The summed E-state index contributed by atoms with van der Waals surface area (Å²) in [6.07, 6.45) is 2.28. The van der Waals surface area contributed by atoms with Crippen molar-refractivity contribution in [3.8, 4) is 6.07 Å². The van der Waals surface area contributed by atoms with Crippen molar-refractivity contribution in [3.63, 3.8) is 0 Å². The van der Waals surface area contributed by atoms with Crippen LogP contribution in [0, 0.1) is 16.7 Å². The van der Waals surface area contributed by atoms with E-state index in [1.807, 2.05) is 0 Å². The summed E-state index contributed by atoms with van der Waals surface area (Å²) in [5.41, 5.74) is -1.57. The van der Waals surface area contributed by atoms with E-state index in [0.29, 0.717) is 26.2 Å². The molecule has 2 N–H and O–H groups in total. The third kappa shape index (κ3) is 1.33. The molecule has 2 atom stereocenters. The predicted molar refractivity (Wildman–Crippen MR) is 50.5 cm³/mol. The number of β-amino-alcohol motifs (C(OH)–C–C–N with tert-alkyl or cyclic N) is 1. The molecule has 2 fully saturated rings. The lowest BCUT2D eigenvalue weighted by Gasteiger charge is -2.41. The first kappa shape index (κ1) is 9.91. The summed E-state index contributed by atoms with van der Waals surface area (Å²) >= 11 is 0. The van der Waals surface area contributed by atoms with E-state index in [9.17, 15) is 10.4 Å². The van der Waals surface area contributed by atoms with Crippen LogP contribution in [0.3, 0.4) is 0 Å². The molecule has 0 saturated carbocycles. The van der Waals surface area contributed by atoms with Gasteiger partial charge in [0.2, 0.25) is 0 Å². The number of rotatable bonds is 1. The van der Waals surface area contributed by atoms with E-state index in [1.165, 1.54) is 0 Å². The highest BCUT2D eigenvalue weighted by Gasteiger charge is 2.53. The molecule has 2 aliphatic rings. The fraction of sp³-hybridized carbons (Fsp3) is 0.900. The van der Waals surface area contributed by atoms with Gasteiger partial charge >= 0.3 is 0 Å². The van der Waals surface area contributed by atoms with E-state index in [2.05, 4.69) is 11.4 Å². The van der Waals surface area contributed by atoms with Gasteiger partial charge in [-0.25, -0.2) is 0 Å². The largest absolute Gasteiger partial charge is 0.387 e. The van der Waals surface area contributed by atoms with Crippen LogP contribution in [0.15, 0.2) is 0 Å². The van der Waals surface area contributed by atoms with Crippen LogP contribution in [0.25, 0.3) is 0 Å². The molecule has 0 aromatic carbocycles. The van der Waals surface area contributed by atoms with E-state index < -0.39 is 11.0 Å². The van der Waals surface area contributed by atoms with Gasteiger partial charge in [0, 0.05) is 13.2 Å². The molecular weight excluding hydrogens is 180 g/mol. The average Bonchev–Trinajstić information content (AvgIpc) is 2.68. The molecule has 0 aliphatic carbocycles. The van der Waals surface area contributed by atoms with E-state index in [1.54, 1.807) is 0 Å². The third-order valence-corrected chi connectivity index (χ3v) is 3.48. The Bertz CT molecular complexity index is 247. The van der Waals surface area contributed by atoms with Crippen molar-refractivity contribution in [3.05, 3.63) is 0 Å². The summed E-state index contributed by atoms with van der Waals surface area (Å²) in [4.78, 5) is 0. The lowest BCUT2D eigenvalue weighted by Crippen LogP contribution is -2.53. The van der Waals surface area contributed by atoms with Crippen molar-refractivity contribution in [1.29, 1.82) is 5.26 Å². The molecule has 0 radical (unpaired) electrons. The van der Waals surface area contributed by atoms with Gasteiger partial charge in [0.25, 0.3) is 0 Å². The summed E-state index contributed by atoms with van der Waals surface area (Å²) in [5, 5.41) is 22.8. The predicted octanol–water partition coefficient (Wildman–Crippen LogP) is 0.0312. The van der Waals surface area contributed by atoms with E-state index >= 15 is 0 Å². The first-order valence-electron chi connectivity index (χ1n) is 5.15. The molecule has 0 spiro atoms. The molecule has 2 rings (SSSR count). The monoisotopic (exact) mass is 196 g/mol. The molecule has 4 heteroatoms. The lowest BCUT2D eigenvalue weighted by atomic mass is 9.69. The molecular formula is C10H16N2O2. The van der Waals surface area contributed by atoms with Gasteiger partial charge in [-0.3, -0.25) is 0 Å². The fourth-order valence-corrected chi connectivity index (χ4v) is 2.44. The minimum Gasteiger partial charge on any atom is -0.387 e. The van der Waals surface area contributed by atoms with Crippen LogP contribution >= 0.6 is 0 Å². The van der Waals surface area contributed by atoms with Gasteiger partial charge in [-0.1, -0.05) is 0 Å². The molecule has 0 aromatic heterocycles. The zero-order chi connectivity index (χ0) is 10.1. The summed E-state index contributed by atoms with van der Waals surface area (Å²) in [6, 6.07) is 2.28. The number of hydrogen-bond donors (Lipinski definition) is 2. The van der Waals surface area contributed by atoms with Crippen LogP contribution in [0.2, 0.25) is 0 Å². The third-order valence-electron chi connectivity index (χ3n) is 3.48. The molecule has 0 aromatic rings. The molecule has 0 bridgehead atoms. The van der Waals surface area contributed by atoms with E-state index in [4.69, 9.17) is 4.74 Å². The van der Waals surface area contributed by atoms with Gasteiger partial charge in [-0.15, -0.1) is 0 Å². The van der Waals surface area contributed by atoms with Crippen LogP contribution in [0.5, 0.6) is 0 Å². The number of nitrogens with zero attached hydrogens (tertiary/aromatic N) is 1. The Labute approximate surface area is 83.9 Å². The Hall–Kier alpha value is -0.630. The molecule has 2 unspecified atom stereocenters. The summed E-state index contributed by atoms with van der Waals surface area (Å²) in [7, 11) is 0. The number of nitrogens with one attached hydrogen (secondary N) is 1. The van der Waals surface area contributed by atoms with Crippen LogP contribution in [0.1, 0.15) is 19.3 Å². The SMILES string of the molecule is N#CC1(C2(O)CCNC2)CCCOC1. The van der Waals surface area contributed by atoms with Gasteiger partial charge in [0.15, 0.2) is 0 Å². The minimum atomic E-state index is -0.887. The standard InChI is InChI=1S/C10H16N2O2/c11-6-9(2-1-5-14-8-9)10(13)3-4-12-7-10/h12-13H,1-5,7-8H2. The van der Waals surface area contributed by atoms with Crippen molar-refractivity contribution < 1.29 is 9.84 Å². The second-order valence-corrected chi connectivity index (χ2v) is 4.31. The van der Waals surface area contributed by atoms with Crippen molar-refractivity contribution in [2.24, 2.45) is 5.41 Å². The Morgan fingerprint density at radius 3 is 2.79 bits per heavy atom. The highest BCUT2D eigenvalue weighted by atomic mass is 16.5. The van der Waals surface area contributed by atoms with Crippen molar-refractivity contribution in [2.75, 3.05) is 26.3 Å². The molecule has 78 valence electrons. The minimum absolute atomic E-state index is 0.377. The Balaban J connectivity index is 2.22. The first-order chi connectivity index (χ1) is 6.72. The van der Waals surface area contributed by atoms with Crippen LogP contribution < -0.4 is 5.32 Å². The normalized spacial score (nSPS) is 43.4. The van der Waals surface area contributed by atoms with Crippen LogP contribution in [-0.4, -0.2) is 37.0 Å². The van der Waals surface area contributed by atoms with Gasteiger partial charge in [-0.05, 0) is 25.8 Å². The van der Waals surface area contributed by atoms with Gasteiger partial charge < -0.3 is 15.2 Å². The zero-order valence-corrected chi connectivity index (χ0v) is 8.25. The number of nitriles is 1. The smallest absolute Gasteiger partial charge is 0.111 e. The molecule has 14 heavy (non-hydrogen) atoms. The highest BCUT2D eigenvalue weighted by Crippen LogP contribution is 2.42. The molecule has 4 nitrogen and oxygen atoms in total. The zero-order valence-electron chi connectivity index (χ0n) is 8.25. The Kier molecular flexibility index (Phi) is 2.48. The molecule has 2 aliphatic heterocycles. The summed E-state index contributed by atoms with van der Waals surface area (Å²) < 4.78 is 5.34. The number of aliphatic hydroxyl groups is 1. The summed E-state index contributed by atoms with van der Waals surface area (Å²) in [6.45, 7) is 2.40. The maximum absolute atomic E-state index is 10.4. The van der Waals surface area contributed by atoms with E-state index in [-0.39, 0.29) is 0 Å². The molecule has 2 saturated heterocycles. The van der Waals surface area contributed by atoms with Gasteiger partial charge in [-0.2, -0.15) is 5.26 Å². The fourth-order valence-electron chi connectivity index (χ4n) is 2.44. The molecule has 0 amide bonds.